The van der Waals surface area contributed by atoms with Gasteiger partial charge in [-0.3, -0.25) is 14.6 Å². The zero-order chi connectivity index (χ0) is 20.9. The second-order valence-corrected chi connectivity index (χ2v) is 9.47. The minimum Gasteiger partial charge on any atom is -0.360 e. The van der Waals surface area contributed by atoms with Crippen LogP contribution in [-0.2, 0) is 20.9 Å². The van der Waals surface area contributed by atoms with E-state index in [-0.39, 0.29) is 17.9 Å². The van der Waals surface area contributed by atoms with Gasteiger partial charge in [0.2, 0.25) is 11.8 Å². The SMILES string of the molecule is Cc1cccnc1CN(C)C(=O)[C@@H]1[C@@H]2C=C[C@@]3(CN(C4CCCCCC4)C(=O)[C@@H]13)O2. The second kappa shape index (κ2) is 7.49. The maximum Gasteiger partial charge on any atom is 0.230 e. The van der Waals surface area contributed by atoms with Crippen molar-refractivity contribution in [2.45, 2.75) is 69.7 Å². The van der Waals surface area contributed by atoms with Crippen molar-refractivity contribution in [2.24, 2.45) is 11.8 Å². The first-order valence-electron chi connectivity index (χ1n) is 11.3. The van der Waals surface area contributed by atoms with E-state index in [2.05, 4.69) is 11.1 Å². The number of carbonyl (C=O) groups is 2. The standard InChI is InChI=1S/C24H31N3O3/c1-16-8-7-13-25-18(16)14-26(2)22(28)20-19-11-12-24(30-19)15-27(23(29)21(20)24)17-9-5-3-4-6-10-17/h7-8,11-13,17,19-21H,3-6,9-10,14-15H2,1-2H3/t19-,20+,21+,24-/m0/s1. The molecule has 0 aromatic carbocycles. The third-order valence-electron chi connectivity index (χ3n) is 7.56. The number of rotatable bonds is 4. The van der Waals surface area contributed by atoms with Crippen molar-refractivity contribution in [1.29, 1.82) is 0 Å². The van der Waals surface area contributed by atoms with Crippen LogP contribution in [0.1, 0.15) is 49.8 Å². The molecule has 6 heteroatoms. The van der Waals surface area contributed by atoms with Crippen LogP contribution < -0.4 is 0 Å². The van der Waals surface area contributed by atoms with Gasteiger partial charge in [0.25, 0.3) is 0 Å². The number of carbonyl (C=O) groups excluding carboxylic acids is 2. The molecule has 1 spiro atoms. The Balaban J connectivity index is 1.36. The Bertz CT molecular complexity index is 876. The molecule has 1 aromatic rings. The Labute approximate surface area is 178 Å². The Hall–Kier alpha value is -2.21. The number of nitrogens with zero attached hydrogens (tertiary/aromatic N) is 3. The molecule has 2 amide bonds. The number of hydrogen-bond acceptors (Lipinski definition) is 4. The van der Waals surface area contributed by atoms with Gasteiger partial charge < -0.3 is 14.5 Å². The third-order valence-corrected chi connectivity index (χ3v) is 7.56. The van der Waals surface area contributed by atoms with Crippen LogP contribution in [0.2, 0.25) is 0 Å². The molecule has 1 aliphatic carbocycles. The molecule has 1 aromatic heterocycles. The van der Waals surface area contributed by atoms with Crippen molar-refractivity contribution in [3.8, 4) is 0 Å². The number of likely N-dealkylation sites (tertiary alicyclic amines) is 1. The van der Waals surface area contributed by atoms with Gasteiger partial charge in [0.05, 0.1) is 36.7 Å². The molecule has 0 N–H and O–H groups in total. The predicted molar refractivity (Wildman–Crippen MR) is 112 cm³/mol. The summed E-state index contributed by atoms with van der Waals surface area (Å²) in [6.07, 6.45) is 12.5. The Morgan fingerprint density at radius 3 is 2.80 bits per heavy atom. The lowest BCUT2D eigenvalue weighted by Crippen LogP contribution is -2.45. The lowest BCUT2D eigenvalue weighted by atomic mass is 9.76. The van der Waals surface area contributed by atoms with Crippen molar-refractivity contribution < 1.29 is 14.3 Å². The number of hydrogen-bond donors (Lipinski definition) is 0. The van der Waals surface area contributed by atoms with Gasteiger partial charge in [-0.05, 0) is 31.4 Å². The van der Waals surface area contributed by atoms with Gasteiger partial charge in [-0.1, -0.05) is 43.9 Å². The molecule has 2 bridgehead atoms. The highest BCUT2D eigenvalue weighted by molar-refractivity contribution is 5.93. The van der Waals surface area contributed by atoms with Crippen LogP contribution in [0, 0.1) is 18.8 Å². The summed E-state index contributed by atoms with van der Waals surface area (Å²) >= 11 is 0. The molecule has 5 rings (SSSR count). The Morgan fingerprint density at radius 2 is 2.07 bits per heavy atom. The first-order valence-corrected chi connectivity index (χ1v) is 11.3. The lowest BCUT2D eigenvalue weighted by molar-refractivity contribution is -0.143. The third kappa shape index (κ3) is 3.08. The van der Waals surface area contributed by atoms with Gasteiger partial charge in [-0.25, -0.2) is 0 Å². The van der Waals surface area contributed by atoms with Gasteiger partial charge >= 0.3 is 0 Å². The van der Waals surface area contributed by atoms with Crippen molar-refractivity contribution in [3.05, 3.63) is 41.7 Å². The molecule has 3 fully saturated rings. The smallest absolute Gasteiger partial charge is 0.230 e. The van der Waals surface area contributed by atoms with Gasteiger partial charge in [0, 0.05) is 19.3 Å². The average molecular weight is 410 g/mol. The molecule has 4 atom stereocenters. The first kappa shape index (κ1) is 19.7. The Kier molecular flexibility index (Phi) is 4.92. The predicted octanol–water partition coefficient (Wildman–Crippen LogP) is 2.85. The highest BCUT2D eigenvalue weighted by Crippen LogP contribution is 2.53. The van der Waals surface area contributed by atoms with Crippen LogP contribution in [0.3, 0.4) is 0 Å². The maximum atomic E-state index is 13.6. The van der Waals surface area contributed by atoms with E-state index in [1.807, 2.05) is 30.0 Å². The number of amides is 2. The largest absolute Gasteiger partial charge is 0.360 e. The number of ether oxygens (including phenoxy) is 1. The number of fused-ring (bicyclic) bond motifs is 1. The van der Waals surface area contributed by atoms with Crippen LogP contribution in [0.25, 0.3) is 0 Å². The fourth-order valence-corrected chi connectivity index (χ4v) is 5.93. The van der Waals surface area contributed by atoms with Crippen LogP contribution in [0.15, 0.2) is 30.5 Å². The fourth-order valence-electron chi connectivity index (χ4n) is 5.93. The summed E-state index contributed by atoms with van der Waals surface area (Å²) in [6.45, 7) is 3.05. The zero-order valence-electron chi connectivity index (χ0n) is 17.9. The molecule has 1 saturated carbocycles. The van der Waals surface area contributed by atoms with Crippen molar-refractivity contribution >= 4 is 11.8 Å². The van der Waals surface area contributed by atoms with Gasteiger partial charge in [-0.15, -0.1) is 0 Å². The van der Waals surface area contributed by atoms with E-state index >= 15 is 0 Å². The van der Waals surface area contributed by atoms with E-state index in [9.17, 15) is 9.59 Å². The Morgan fingerprint density at radius 1 is 1.30 bits per heavy atom. The van der Waals surface area contributed by atoms with E-state index in [0.29, 0.717) is 19.1 Å². The van der Waals surface area contributed by atoms with Crippen LogP contribution in [-0.4, -0.2) is 57.9 Å². The molecule has 6 nitrogen and oxygen atoms in total. The molecule has 4 aliphatic rings. The number of aromatic nitrogens is 1. The van der Waals surface area contributed by atoms with Crippen LogP contribution >= 0.6 is 0 Å². The topological polar surface area (TPSA) is 62.7 Å². The summed E-state index contributed by atoms with van der Waals surface area (Å²) in [7, 11) is 1.81. The van der Waals surface area contributed by atoms with Crippen molar-refractivity contribution in [1.82, 2.24) is 14.8 Å². The number of aryl methyl sites for hydroxylation is 1. The minimum absolute atomic E-state index is 0.0163. The van der Waals surface area contributed by atoms with Crippen LogP contribution in [0.5, 0.6) is 0 Å². The minimum atomic E-state index is -0.615. The summed E-state index contributed by atoms with van der Waals surface area (Å²) in [6, 6.07) is 4.20. The first-order chi connectivity index (χ1) is 14.5. The van der Waals surface area contributed by atoms with Crippen molar-refractivity contribution in [3.63, 3.8) is 0 Å². The summed E-state index contributed by atoms with van der Waals surface area (Å²) in [5.74, 6) is -0.727. The highest BCUT2D eigenvalue weighted by atomic mass is 16.5. The normalized spacial score (nSPS) is 33.1. The van der Waals surface area contributed by atoms with E-state index in [1.165, 1.54) is 25.7 Å². The monoisotopic (exact) mass is 409 g/mol. The molecule has 2 saturated heterocycles. The second-order valence-electron chi connectivity index (χ2n) is 9.47. The molecule has 4 heterocycles. The molecule has 0 radical (unpaired) electrons. The van der Waals surface area contributed by atoms with Gasteiger partial charge in [0.15, 0.2) is 0 Å². The summed E-state index contributed by atoms with van der Waals surface area (Å²) in [4.78, 5) is 35.2. The van der Waals surface area contributed by atoms with E-state index in [1.54, 1.807) is 18.1 Å². The molecule has 30 heavy (non-hydrogen) atoms. The quantitative estimate of drug-likeness (QED) is 0.567. The van der Waals surface area contributed by atoms with E-state index in [0.717, 1.165) is 24.1 Å². The van der Waals surface area contributed by atoms with Gasteiger partial charge in [-0.2, -0.15) is 0 Å². The van der Waals surface area contributed by atoms with Crippen molar-refractivity contribution in [2.75, 3.05) is 13.6 Å². The lowest BCUT2D eigenvalue weighted by Gasteiger charge is -2.30. The summed E-state index contributed by atoms with van der Waals surface area (Å²) in [5, 5.41) is 0. The summed E-state index contributed by atoms with van der Waals surface area (Å²) < 4.78 is 6.33. The van der Waals surface area contributed by atoms with E-state index < -0.39 is 17.4 Å². The highest BCUT2D eigenvalue weighted by Gasteiger charge is 2.67. The van der Waals surface area contributed by atoms with E-state index in [4.69, 9.17) is 4.74 Å². The van der Waals surface area contributed by atoms with Gasteiger partial charge in [0.1, 0.15) is 5.60 Å². The molecule has 160 valence electrons. The molecular weight excluding hydrogens is 378 g/mol. The number of pyridine rings is 1. The molecule has 0 unspecified atom stereocenters. The molecular formula is C24H31N3O3. The maximum absolute atomic E-state index is 13.6. The zero-order valence-corrected chi connectivity index (χ0v) is 17.9. The molecule has 3 aliphatic heterocycles. The average Bonchev–Trinajstić information content (AvgIpc) is 3.29. The fraction of sp³-hybridized carbons (Fsp3) is 0.625. The van der Waals surface area contributed by atoms with Crippen LogP contribution in [0.4, 0.5) is 0 Å². The summed E-state index contributed by atoms with van der Waals surface area (Å²) in [5.41, 5.74) is 1.34.